The maximum absolute atomic E-state index is 9.49. The summed E-state index contributed by atoms with van der Waals surface area (Å²) in [6.45, 7) is 4.97. The molecule has 0 radical (unpaired) electrons. The van der Waals surface area contributed by atoms with E-state index in [0.29, 0.717) is 12.0 Å². The van der Waals surface area contributed by atoms with Gasteiger partial charge in [-0.2, -0.15) is 0 Å². The third kappa shape index (κ3) is 2.98. The van der Waals surface area contributed by atoms with Crippen molar-refractivity contribution in [3.05, 3.63) is 0 Å². The minimum atomic E-state index is 0.299. The average Bonchev–Trinajstić information content (AvgIpc) is 2.19. The molecule has 13 heavy (non-hydrogen) atoms. The Morgan fingerprint density at radius 2 is 1.85 bits per heavy atom. The Kier molecular flexibility index (Phi) is 4.24. The highest BCUT2D eigenvalue weighted by atomic mass is 16.3. The Morgan fingerprint density at radius 1 is 1.23 bits per heavy atom. The van der Waals surface area contributed by atoms with Crippen LogP contribution in [0.3, 0.4) is 0 Å². The molecule has 1 heteroatoms. The molecule has 0 bridgehead atoms. The first-order valence-corrected chi connectivity index (χ1v) is 5.83. The molecule has 1 nitrogen and oxygen atoms in total. The molecule has 0 aromatic rings. The fraction of sp³-hybridized carbons (Fsp3) is 1.00. The molecule has 1 aliphatic rings. The largest absolute Gasteiger partial charge is 0.396 e. The van der Waals surface area contributed by atoms with Crippen molar-refractivity contribution in [2.75, 3.05) is 6.61 Å². The number of rotatable bonds is 4. The second-order valence-electron chi connectivity index (χ2n) is 4.94. The summed E-state index contributed by atoms with van der Waals surface area (Å²) < 4.78 is 0. The molecule has 1 atom stereocenters. The van der Waals surface area contributed by atoms with Crippen molar-refractivity contribution < 1.29 is 5.11 Å². The second-order valence-corrected chi connectivity index (χ2v) is 4.94. The van der Waals surface area contributed by atoms with E-state index >= 15 is 0 Å². The molecular formula is C12H24O. The molecule has 0 aromatic carbocycles. The minimum Gasteiger partial charge on any atom is -0.396 e. The third-order valence-corrected chi connectivity index (χ3v) is 3.73. The molecular weight excluding hydrogens is 160 g/mol. The van der Waals surface area contributed by atoms with E-state index in [2.05, 4.69) is 13.8 Å². The lowest BCUT2D eigenvalue weighted by molar-refractivity contribution is 0.0582. The van der Waals surface area contributed by atoms with Crippen molar-refractivity contribution in [3.63, 3.8) is 0 Å². The smallest absolute Gasteiger partial charge is 0.0487 e. The van der Waals surface area contributed by atoms with Crippen LogP contribution in [0, 0.1) is 11.3 Å². The van der Waals surface area contributed by atoms with Gasteiger partial charge in [-0.15, -0.1) is 0 Å². The molecule has 0 saturated heterocycles. The maximum Gasteiger partial charge on any atom is 0.0487 e. The Hall–Kier alpha value is -0.0400. The highest BCUT2D eigenvalue weighted by Crippen LogP contribution is 2.41. The van der Waals surface area contributed by atoms with Crippen LogP contribution in [-0.2, 0) is 0 Å². The number of hydrogen-bond donors (Lipinski definition) is 1. The summed E-state index contributed by atoms with van der Waals surface area (Å²) in [6, 6.07) is 0. The van der Waals surface area contributed by atoms with Gasteiger partial charge in [-0.05, 0) is 30.6 Å². The minimum absolute atomic E-state index is 0.299. The van der Waals surface area contributed by atoms with Gasteiger partial charge in [0.05, 0.1) is 0 Å². The molecule has 78 valence electrons. The van der Waals surface area contributed by atoms with Crippen LogP contribution in [0.1, 0.15) is 58.8 Å². The maximum atomic E-state index is 9.49. The van der Waals surface area contributed by atoms with E-state index in [9.17, 15) is 5.11 Å². The van der Waals surface area contributed by atoms with Gasteiger partial charge in [0.2, 0.25) is 0 Å². The molecule has 1 rings (SSSR count). The summed E-state index contributed by atoms with van der Waals surface area (Å²) in [5.74, 6) is 0.783. The van der Waals surface area contributed by atoms with Crippen LogP contribution in [0.5, 0.6) is 0 Å². The lowest BCUT2D eigenvalue weighted by Crippen LogP contribution is -2.30. The quantitative estimate of drug-likeness (QED) is 0.710. The van der Waals surface area contributed by atoms with Crippen LogP contribution in [-0.4, -0.2) is 11.7 Å². The van der Waals surface area contributed by atoms with Gasteiger partial charge in [0, 0.05) is 6.61 Å². The summed E-state index contributed by atoms with van der Waals surface area (Å²) in [5, 5.41) is 9.49. The number of aliphatic hydroxyl groups is 1. The van der Waals surface area contributed by atoms with Crippen molar-refractivity contribution in [2.24, 2.45) is 11.3 Å². The van der Waals surface area contributed by atoms with E-state index in [1.54, 1.807) is 0 Å². The van der Waals surface area contributed by atoms with Gasteiger partial charge in [-0.3, -0.25) is 0 Å². The molecule has 1 fully saturated rings. The predicted octanol–water partition coefficient (Wildman–Crippen LogP) is 3.37. The van der Waals surface area contributed by atoms with Gasteiger partial charge < -0.3 is 5.11 Å². The molecule has 0 aliphatic heterocycles. The average molecular weight is 184 g/mol. The van der Waals surface area contributed by atoms with Crippen molar-refractivity contribution in [3.8, 4) is 0 Å². The SMILES string of the molecule is CCC(C)CC1(CO)CCCCC1. The van der Waals surface area contributed by atoms with Crippen LogP contribution in [0.4, 0.5) is 0 Å². The normalized spacial score (nSPS) is 24.2. The Balaban J connectivity index is 2.47. The van der Waals surface area contributed by atoms with Gasteiger partial charge in [0.25, 0.3) is 0 Å². The van der Waals surface area contributed by atoms with Crippen LogP contribution < -0.4 is 0 Å². The van der Waals surface area contributed by atoms with E-state index in [1.165, 1.54) is 44.9 Å². The van der Waals surface area contributed by atoms with E-state index in [-0.39, 0.29) is 0 Å². The number of aliphatic hydroxyl groups excluding tert-OH is 1. The summed E-state index contributed by atoms with van der Waals surface area (Å²) in [7, 11) is 0. The number of hydrogen-bond acceptors (Lipinski definition) is 1. The fourth-order valence-corrected chi connectivity index (χ4v) is 2.61. The fourth-order valence-electron chi connectivity index (χ4n) is 2.61. The molecule has 1 N–H and O–H groups in total. The van der Waals surface area contributed by atoms with Crippen molar-refractivity contribution in [1.29, 1.82) is 0 Å². The summed E-state index contributed by atoms with van der Waals surface area (Å²) >= 11 is 0. The summed E-state index contributed by atoms with van der Waals surface area (Å²) in [5.41, 5.74) is 0.299. The Bertz CT molecular complexity index is 136. The van der Waals surface area contributed by atoms with Gasteiger partial charge in [-0.1, -0.05) is 39.5 Å². The van der Waals surface area contributed by atoms with Crippen LogP contribution in [0.15, 0.2) is 0 Å². The zero-order valence-electron chi connectivity index (χ0n) is 9.18. The molecule has 0 heterocycles. The molecule has 0 aromatic heterocycles. The molecule has 1 saturated carbocycles. The van der Waals surface area contributed by atoms with Crippen LogP contribution in [0.25, 0.3) is 0 Å². The first-order chi connectivity index (χ1) is 6.22. The van der Waals surface area contributed by atoms with E-state index in [0.717, 1.165) is 5.92 Å². The zero-order valence-corrected chi connectivity index (χ0v) is 9.18. The standard InChI is InChI=1S/C12H24O/c1-3-11(2)9-12(10-13)7-5-4-6-8-12/h11,13H,3-10H2,1-2H3. The summed E-state index contributed by atoms with van der Waals surface area (Å²) in [4.78, 5) is 0. The molecule has 0 amide bonds. The first-order valence-electron chi connectivity index (χ1n) is 5.83. The predicted molar refractivity (Wildman–Crippen MR) is 56.7 cm³/mol. The van der Waals surface area contributed by atoms with E-state index < -0.39 is 0 Å². The van der Waals surface area contributed by atoms with Crippen LogP contribution >= 0.6 is 0 Å². The lowest BCUT2D eigenvalue weighted by atomic mass is 9.69. The Labute approximate surface area is 82.5 Å². The highest BCUT2D eigenvalue weighted by molar-refractivity contribution is 4.83. The lowest BCUT2D eigenvalue weighted by Gasteiger charge is -2.37. The zero-order chi connectivity index (χ0) is 9.73. The topological polar surface area (TPSA) is 20.2 Å². The van der Waals surface area contributed by atoms with Gasteiger partial charge in [0.15, 0.2) is 0 Å². The molecule has 1 aliphatic carbocycles. The van der Waals surface area contributed by atoms with E-state index in [1.807, 2.05) is 0 Å². The van der Waals surface area contributed by atoms with Gasteiger partial charge in [0.1, 0.15) is 0 Å². The van der Waals surface area contributed by atoms with Crippen molar-refractivity contribution in [2.45, 2.75) is 58.8 Å². The van der Waals surface area contributed by atoms with E-state index in [4.69, 9.17) is 0 Å². The van der Waals surface area contributed by atoms with Crippen molar-refractivity contribution >= 4 is 0 Å². The summed E-state index contributed by atoms with van der Waals surface area (Å²) in [6.07, 6.45) is 9.04. The first kappa shape index (κ1) is 11.0. The second kappa shape index (κ2) is 4.99. The highest BCUT2D eigenvalue weighted by Gasteiger charge is 2.32. The monoisotopic (exact) mass is 184 g/mol. The van der Waals surface area contributed by atoms with Crippen molar-refractivity contribution in [1.82, 2.24) is 0 Å². The Morgan fingerprint density at radius 3 is 2.31 bits per heavy atom. The van der Waals surface area contributed by atoms with Gasteiger partial charge in [-0.25, -0.2) is 0 Å². The van der Waals surface area contributed by atoms with Gasteiger partial charge >= 0.3 is 0 Å². The molecule has 1 unspecified atom stereocenters. The third-order valence-electron chi connectivity index (χ3n) is 3.73. The molecule has 0 spiro atoms. The van der Waals surface area contributed by atoms with Crippen LogP contribution in [0.2, 0.25) is 0 Å².